The average molecular weight is 175 g/mol. The van der Waals surface area contributed by atoms with Crippen LogP contribution in [0.4, 0.5) is 5.69 Å². The Morgan fingerprint density at radius 3 is 3.00 bits per heavy atom. The molecule has 0 saturated carbocycles. The van der Waals surface area contributed by atoms with Crippen molar-refractivity contribution >= 4 is 11.5 Å². The highest BCUT2D eigenvalue weighted by Gasteiger charge is 2.14. The number of hydrogen-bond donors (Lipinski definition) is 2. The fourth-order valence-electron chi connectivity index (χ4n) is 1.53. The largest absolute Gasteiger partial charge is 0.383 e. The van der Waals surface area contributed by atoms with Crippen LogP contribution in [-0.2, 0) is 0 Å². The first-order valence-corrected chi connectivity index (χ1v) is 4.37. The lowest BCUT2D eigenvalue weighted by atomic mass is 10.1. The maximum atomic E-state index is 5.82. The predicted octanol–water partition coefficient (Wildman–Crippen LogP) is 1.47. The highest BCUT2D eigenvalue weighted by molar-refractivity contribution is 6.03. The summed E-state index contributed by atoms with van der Waals surface area (Å²) >= 11 is 0. The molecule has 2 rings (SSSR count). The third-order valence-corrected chi connectivity index (χ3v) is 2.15. The molecule has 3 nitrogen and oxygen atoms in total. The van der Waals surface area contributed by atoms with E-state index in [1.807, 2.05) is 26.0 Å². The molecule has 1 aliphatic rings. The Hall–Kier alpha value is -1.51. The summed E-state index contributed by atoms with van der Waals surface area (Å²) < 4.78 is 0. The third-order valence-electron chi connectivity index (χ3n) is 2.15. The van der Waals surface area contributed by atoms with E-state index in [9.17, 15) is 0 Å². The van der Waals surface area contributed by atoms with Crippen molar-refractivity contribution in [3.8, 4) is 0 Å². The summed E-state index contributed by atoms with van der Waals surface area (Å²) in [4.78, 5) is 4.25. The van der Waals surface area contributed by atoms with Gasteiger partial charge < -0.3 is 11.1 Å². The zero-order chi connectivity index (χ0) is 9.42. The zero-order valence-electron chi connectivity index (χ0n) is 7.83. The number of fused-ring (bicyclic) bond motifs is 1. The van der Waals surface area contributed by atoms with Crippen molar-refractivity contribution in [2.24, 2.45) is 10.7 Å². The lowest BCUT2D eigenvalue weighted by Gasteiger charge is -2.21. The number of nitrogens with zero attached hydrogens (tertiary/aromatic N) is 1. The van der Waals surface area contributed by atoms with Gasteiger partial charge >= 0.3 is 0 Å². The van der Waals surface area contributed by atoms with Gasteiger partial charge in [0.05, 0.1) is 0 Å². The number of aliphatic imine (C=N–C) groups is 1. The van der Waals surface area contributed by atoms with Crippen molar-refractivity contribution in [2.75, 3.05) is 5.32 Å². The summed E-state index contributed by atoms with van der Waals surface area (Å²) in [6, 6.07) is 6.16. The second kappa shape index (κ2) is 2.76. The lowest BCUT2D eigenvalue weighted by molar-refractivity contribution is 0.840. The van der Waals surface area contributed by atoms with Crippen LogP contribution in [0.5, 0.6) is 0 Å². The van der Waals surface area contributed by atoms with E-state index in [0.717, 1.165) is 11.3 Å². The highest BCUT2D eigenvalue weighted by atomic mass is 15.1. The molecule has 0 saturated heterocycles. The molecule has 3 heteroatoms. The highest BCUT2D eigenvalue weighted by Crippen LogP contribution is 2.21. The summed E-state index contributed by atoms with van der Waals surface area (Å²) in [5.41, 5.74) is 9.10. The second-order valence-electron chi connectivity index (χ2n) is 3.38. The van der Waals surface area contributed by atoms with Gasteiger partial charge in [-0.1, -0.05) is 11.6 Å². The molecule has 1 unspecified atom stereocenters. The molecule has 0 fully saturated rings. The maximum Gasteiger partial charge on any atom is 0.130 e. The first-order chi connectivity index (χ1) is 6.16. The molecule has 0 aromatic heterocycles. The van der Waals surface area contributed by atoms with Gasteiger partial charge in [0.1, 0.15) is 12.0 Å². The first-order valence-electron chi connectivity index (χ1n) is 4.37. The van der Waals surface area contributed by atoms with Gasteiger partial charge in [-0.3, -0.25) is 0 Å². The molecule has 1 aromatic carbocycles. The van der Waals surface area contributed by atoms with E-state index >= 15 is 0 Å². The van der Waals surface area contributed by atoms with Crippen LogP contribution in [0, 0.1) is 6.92 Å². The summed E-state index contributed by atoms with van der Waals surface area (Å²) in [6.07, 6.45) is 0.0789. The number of hydrogen-bond acceptors (Lipinski definition) is 3. The SMILES string of the molecule is Cc1ccc2c(c1)C(N)=NC(C)N2. The fraction of sp³-hybridized carbons (Fsp3) is 0.300. The molecule has 13 heavy (non-hydrogen) atoms. The average Bonchev–Trinajstić information content (AvgIpc) is 2.06. The van der Waals surface area contributed by atoms with Crippen LogP contribution in [0.1, 0.15) is 18.1 Å². The molecule has 68 valence electrons. The Balaban J connectivity index is 2.54. The van der Waals surface area contributed by atoms with Gasteiger partial charge in [0.2, 0.25) is 0 Å². The van der Waals surface area contributed by atoms with Crippen LogP contribution < -0.4 is 11.1 Å². The minimum Gasteiger partial charge on any atom is -0.383 e. The van der Waals surface area contributed by atoms with Crippen LogP contribution in [0.15, 0.2) is 23.2 Å². The Kier molecular flexibility index (Phi) is 1.72. The predicted molar refractivity (Wildman–Crippen MR) is 55.0 cm³/mol. The van der Waals surface area contributed by atoms with Gasteiger partial charge in [-0.05, 0) is 26.0 Å². The molecule has 3 N–H and O–H groups in total. The number of aryl methyl sites for hydroxylation is 1. The van der Waals surface area contributed by atoms with Crippen LogP contribution in [0.2, 0.25) is 0 Å². The maximum absolute atomic E-state index is 5.82. The Morgan fingerprint density at radius 2 is 2.23 bits per heavy atom. The minimum absolute atomic E-state index is 0.0789. The second-order valence-corrected chi connectivity index (χ2v) is 3.38. The van der Waals surface area contributed by atoms with Crippen molar-refractivity contribution in [1.29, 1.82) is 0 Å². The standard InChI is InChI=1S/C10H13N3/c1-6-3-4-9-8(5-6)10(11)13-7(2)12-9/h3-5,7,12H,1-2H3,(H2,11,13). The van der Waals surface area contributed by atoms with E-state index in [2.05, 4.69) is 16.4 Å². The monoisotopic (exact) mass is 175 g/mol. The van der Waals surface area contributed by atoms with Gasteiger partial charge in [-0.25, -0.2) is 4.99 Å². The molecule has 1 heterocycles. The smallest absolute Gasteiger partial charge is 0.130 e. The molecular weight excluding hydrogens is 162 g/mol. The topological polar surface area (TPSA) is 50.4 Å². The summed E-state index contributed by atoms with van der Waals surface area (Å²) in [5, 5.41) is 3.25. The van der Waals surface area contributed by atoms with Gasteiger partial charge in [-0.15, -0.1) is 0 Å². The molecular formula is C10H13N3. The number of anilines is 1. The van der Waals surface area contributed by atoms with Crippen molar-refractivity contribution in [3.63, 3.8) is 0 Å². The van der Waals surface area contributed by atoms with E-state index in [1.54, 1.807) is 0 Å². The van der Waals surface area contributed by atoms with Crippen molar-refractivity contribution in [3.05, 3.63) is 29.3 Å². The van der Waals surface area contributed by atoms with Gasteiger partial charge in [0.25, 0.3) is 0 Å². The molecule has 0 spiro atoms. The zero-order valence-corrected chi connectivity index (χ0v) is 7.83. The van der Waals surface area contributed by atoms with Gasteiger partial charge in [0.15, 0.2) is 0 Å². The van der Waals surface area contributed by atoms with E-state index in [0.29, 0.717) is 5.84 Å². The molecule has 0 bridgehead atoms. The number of amidine groups is 1. The molecule has 0 aliphatic carbocycles. The number of rotatable bonds is 0. The number of nitrogens with two attached hydrogens (primary N) is 1. The van der Waals surface area contributed by atoms with Gasteiger partial charge in [0, 0.05) is 11.3 Å². The fourth-order valence-corrected chi connectivity index (χ4v) is 1.53. The third kappa shape index (κ3) is 1.37. The summed E-state index contributed by atoms with van der Waals surface area (Å²) in [6.45, 7) is 4.03. The van der Waals surface area contributed by atoms with E-state index < -0.39 is 0 Å². The number of nitrogens with one attached hydrogen (secondary N) is 1. The van der Waals surface area contributed by atoms with E-state index in [1.165, 1.54) is 5.56 Å². The molecule has 0 radical (unpaired) electrons. The lowest BCUT2D eigenvalue weighted by Crippen LogP contribution is -2.27. The summed E-state index contributed by atoms with van der Waals surface area (Å²) in [5.74, 6) is 0.630. The van der Waals surface area contributed by atoms with E-state index in [-0.39, 0.29) is 6.17 Å². The molecule has 1 atom stereocenters. The van der Waals surface area contributed by atoms with Crippen LogP contribution in [-0.4, -0.2) is 12.0 Å². The van der Waals surface area contributed by atoms with Crippen molar-refractivity contribution in [2.45, 2.75) is 20.0 Å². The Bertz CT molecular complexity index is 368. The van der Waals surface area contributed by atoms with Crippen LogP contribution in [0.25, 0.3) is 0 Å². The van der Waals surface area contributed by atoms with Crippen molar-refractivity contribution in [1.82, 2.24) is 0 Å². The van der Waals surface area contributed by atoms with Gasteiger partial charge in [-0.2, -0.15) is 0 Å². The normalized spacial score (nSPS) is 20.2. The first kappa shape index (κ1) is 8.10. The Morgan fingerprint density at radius 1 is 1.46 bits per heavy atom. The summed E-state index contributed by atoms with van der Waals surface area (Å²) in [7, 11) is 0. The Labute approximate surface area is 77.7 Å². The number of benzene rings is 1. The molecule has 0 amide bonds. The van der Waals surface area contributed by atoms with Crippen LogP contribution in [0.3, 0.4) is 0 Å². The van der Waals surface area contributed by atoms with E-state index in [4.69, 9.17) is 5.73 Å². The molecule has 1 aliphatic heterocycles. The quantitative estimate of drug-likeness (QED) is 0.627. The molecule has 1 aromatic rings. The minimum atomic E-state index is 0.0789. The van der Waals surface area contributed by atoms with Crippen molar-refractivity contribution < 1.29 is 0 Å². The van der Waals surface area contributed by atoms with Crippen LogP contribution >= 0.6 is 0 Å².